The van der Waals surface area contributed by atoms with Gasteiger partial charge in [-0.3, -0.25) is 4.79 Å². The van der Waals surface area contributed by atoms with Crippen molar-refractivity contribution < 1.29 is 26.4 Å². The Morgan fingerprint density at radius 2 is 1.62 bits per heavy atom. The van der Waals surface area contributed by atoms with Crippen molar-refractivity contribution in [2.75, 3.05) is 39.3 Å². The Morgan fingerprint density at radius 3 is 2.28 bits per heavy atom. The predicted octanol–water partition coefficient (Wildman–Crippen LogP) is 2.11. The van der Waals surface area contributed by atoms with Crippen LogP contribution < -0.4 is 5.32 Å². The molecule has 2 saturated heterocycles. The van der Waals surface area contributed by atoms with Crippen molar-refractivity contribution >= 4 is 15.9 Å². The number of halogens is 3. The monoisotopic (exact) mass is 433 g/mol. The summed E-state index contributed by atoms with van der Waals surface area (Å²) < 4.78 is 66.5. The van der Waals surface area contributed by atoms with Crippen LogP contribution in [0.1, 0.15) is 32.1 Å². The quantitative estimate of drug-likeness (QED) is 0.528. The molecular weight excluding hydrogens is 407 g/mol. The third kappa shape index (κ3) is 5.29. The Morgan fingerprint density at radius 1 is 1.00 bits per heavy atom. The number of carbonyl (C=O) groups excluding carboxylic acids is 1. The molecule has 0 radical (unpaired) electrons. The fourth-order valence-corrected chi connectivity index (χ4v) is 5.39. The second kappa shape index (κ2) is 9.44. The number of carbonyl (C=O) groups is 1. The summed E-state index contributed by atoms with van der Waals surface area (Å²) in [4.78, 5) is 13.8. The molecule has 1 aromatic carbocycles. The molecule has 2 heterocycles. The Labute approximate surface area is 169 Å². The lowest BCUT2D eigenvalue weighted by molar-refractivity contribution is -0.126. The van der Waals surface area contributed by atoms with Gasteiger partial charge in [0, 0.05) is 31.6 Å². The predicted molar refractivity (Wildman–Crippen MR) is 101 cm³/mol. The molecule has 162 valence electrons. The third-order valence-corrected chi connectivity index (χ3v) is 7.48. The lowest BCUT2D eigenvalue weighted by Gasteiger charge is -2.30. The zero-order chi connectivity index (χ0) is 21.0. The van der Waals surface area contributed by atoms with Crippen LogP contribution in [-0.4, -0.2) is 62.8 Å². The fourth-order valence-electron chi connectivity index (χ4n) is 3.86. The summed E-state index contributed by atoms with van der Waals surface area (Å²) in [5.41, 5.74) is 0. The average Bonchev–Trinajstić information content (AvgIpc) is 3.21. The first-order valence-corrected chi connectivity index (χ1v) is 11.4. The molecule has 0 unspecified atom stereocenters. The number of hydrogen-bond donors (Lipinski definition) is 1. The van der Waals surface area contributed by atoms with Crippen molar-refractivity contribution in [1.82, 2.24) is 14.5 Å². The van der Waals surface area contributed by atoms with Crippen LogP contribution in [0.5, 0.6) is 0 Å². The van der Waals surface area contributed by atoms with Gasteiger partial charge in [0.2, 0.25) is 15.9 Å². The van der Waals surface area contributed by atoms with Crippen LogP contribution in [0.3, 0.4) is 0 Å². The molecule has 0 aromatic heterocycles. The zero-order valence-corrected chi connectivity index (χ0v) is 17.0. The highest BCUT2D eigenvalue weighted by atomic mass is 32.2. The molecule has 2 fully saturated rings. The van der Waals surface area contributed by atoms with Crippen LogP contribution in [0.4, 0.5) is 13.2 Å². The maximum atomic E-state index is 13.9. The second-order valence-corrected chi connectivity index (χ2v) is 9.47. The summed E-state index contributed by atoms with van der Waals surface area (Å²) in [5.74, 6) is -4.62. The van der Waals surface area contributed by atoms with Crippen LogP contribution >= 0.6 is 0 Å². The maximum Gasteiger partial charge on any atom is 0.246 e. The van der Waals surface area contributed by atoms with Gasteiger partial charge in [0.1, 0.15) is 10.7 Å². The first-order chi connectivity index (χ1) is 13.8. The average molecular weight is 433 g/mol. The molecule has 0 saturated carbocycles. The van der Waals surface area contributed by atoms with Gasteiger partial charge in [0.15, 0.2) is 11.6 Å². The molecule has 0 bridgehead atoms. The van der Waals surface area contributed by atoms with E-state index in [9.17, 15) is 26.4 Å². The number of likely N-dealkylation sites (tertiary alicyclic amines) is 1. The molecule has 2 aliphatic heterocycles. The third-order valence-electron chi connectivity index (χ3n) is 5.57. The summed E-state index contributed by atoms with van der Waals surface area (Å²) in [6, 6.07) is 0.587. The van der Waals surface area contributed by atoms with E-state index in [1.165, 1.54) is 12.8 Å². The minimum absolute atomic E-state index is 0.0205. The zero-order valence-electron chi connectivity index (χ0n) is 16.2. The van der Waals surface area contributed by atoms with Crippen LogP contribution in [-0.2, 0) is 14.8 Å². The Balaban J connectivity index is 1.49. The van der Waals surface area contributed by atoms with Gasteiger partial charge < -0.3 is 10.2 Å². The minimum atomic E-state index is -4.30. The van der Waals surface area contributed by atoms with E-state index in [2.05, 4.69) is 10.2 Å². The molecule has 1 aromatic rings. The number of hydrogen-bond acceptors (Lipinski definition) is 4. The Hall–Kier alpha value is -1.65. The highest BCUT2D eigenvalue weighted by Gasteiger charge is 2.34. The van der Waals surface area contributed by atoms with Crippen molar-refractivity contribution in [3.05, 3.63) is 29.6 Å². The molecule has 3 rings (SSSR count). The van der Waals surface area contributed by atoms with E-state index >= 15 is 0 Å². The van der Waals surface area contributed by atoms with Crippen molar-refractivity contribution in [2.24, 2.45) is 5.92 Å². The van der Waals surface area contributed by atoms with Gasteiger partial charge in [-0.15, -0.1) is 0 Å². The van der Waals surface area contributed by atoms with Gasteiger partial charge in [-0.2, -0.15) is 4.31 Å². The standard InChI is InChI=1S/C19H26F3N3O3S/c20-15-12-17(22)18(13-16(15)21)29(27,28)25-10-4-14(5-11-25)19(26)23-6-3-9-24-7-1-2-8-24/h12-14H,1-11H2,(H,23,26). The molecule has 1 N–H and O–H groups in total. The first kappa shape index (κ1) is 22.0. The van der Waals surface area contributed by atoms with Crippen molar-refractivity contribution in [3.63, 3.8) is 0 Å². The van der Waals surface area contributed by atoms with Gasteiger partial charge in [-0.25, -0.2) is 21.6 Å². The summed E-state index contributed by atoms with van der Waals surface area (Å²) in [6.45, 7) is 3.79. The Kier molecular flexibility index (Phi) is 7.18. The Bertz CT molecular complexity index is 837. The number of benzene rings is 1. The van der Waals surface area contributed by atoms with Gasteiger partial charge in [0.05, 0.1) is 0 Å². The van der Waals surface area contributed by atoms with Crippen LogP contribution in [0, 0.1) is 23.4 Å². The van der Waals surface area contributed by atoms with Gasteiger partial charge in [-0.05, 0) is 57.8 Å². The molecule has 10 heteroatoms. The number of nitrogens with one attached hydrogen (secondary N) is 1. The normalized spacial score (nSPS) is 19.6. The van der Waals surface area contributed by atoms with Crippen LogP contribution in [0.25, 0.3) is 0 Å². The lowest BCUT2D eigenvalue weighted by Crippen LogP contribution is -2.43. The van der Waals surface area contributed by atoms with Gasteiger partial charge in [-0.1, -0.05) is 0 Å². The van der Waals surface area contributed by atoms with E-state index in [-0.39, 0.29) is 31.0 Å². The lowest BCUT2D eigenvalue weighted by atomic mass is 9.97. The minimum Gasteiger partial charge on any atom is -0.356 e. The molecule has 0 atom stereocenters. The first-order valence-electron chi connectivity index (χ1n) is 9.94. The fraction of sp³-hybridized carbons (Fsp3) is 0.632. The topological polar surface area (TPSA) is 69.7 Å². The highest BCUT2D eigenvalue weighted by molar-refractivity contribution is 7.89. The molecule has 0 aliphatic carbocycles. The van der Waals surface area contributed by atoms with Crippen molar-refractivity contribution in [1.29, 1.82) is 0 Å². The number of sulfonamides is 1. The molecule has 1 amide bonds. The van der Waals surface area contributed by atoms with Gasteiger partial charge >= 0.3 is 0 Å². The number of nitrogens with zero attached hydrogens (tertiary/aromatic N) is 2. The number of amides is 1. The molecule has 29 heavy (non-hydrogen) atoms. The van der Waals surface area contributed by atoms with E-state index < -0.39 is 32.4 Å². The van der Waals surface area contributed by atoms with E-state index in [0.29, 0.717) is 25.5 Å². The van der Waals surface area contributed by atoms with Crippen molar-refractivity contribution in [3.8, 4) is 0 Å². The SMILES string of the molecule is O=C(NCCCN1CCCC1)C1CCN(S(=O)(=O)c2cc(F)c(F)cc2F)CC1. The molecule has 6 nitrogen and oxygen atoms in total. The largest absolute Gasteiger partial charge is 0.356 e. The summed E-state index contributed by atoms with van der Waals surface area (Å²) in [5, 5.41) is 2.90. The number of piperidine rings is 1. The van der Waals surface area contributed by atoms with E-state index in [0.717, 1.165) is 30.4 Å². The van der Waals surface area contributed by atoms with E-state index in [1.54, 1.807) is 0 Å². The van der Waals surface area contributed by atoms with E-state index in [1.807, 2.05) is 0 Å². The van der Waals surface area contributed by atoms with Crippen LogP contribution in [0.2, 0.25) is 0 Å². The van der Waals surface area contributed by atoms with Gasteiger partial charge in [0.25, 0.3) is 0 Å². The van der Waals surface area contributed by atoms with Crippen LogP contribution in [0.15, 0.2) is 17.0 Å². The maximum absolute atomic E-state index is 13.9. The second-order valence-electron chi connectivity index (χ2n) is 7.57. The summed E-state index contributed by atoms with van der Waals surface area (Å²) in [6.07, 6.45) is 3.91. The summed E-state index contributed by atoms with van der Waals surface area (Å²) >= 11 is 0. The molecular formula is C19H26F3N3O3S. The number of rotatable bonds is 7. The van der Waals surface area contributed by atoms with Crippen molar-refractivity contribution in [2.45, 2.75) is 37.0 Å². The smallest absolute Gasteiger partial charge is 0.246 e. The highest BCUT2D eigenvalue weighted by Crippen LogP contribution is 2.26. The molecule has 2 aliphatic rings. The van der Waals surface area contributed by atoms with E-state index in [4.69, 9.17) is 0 Å². The summed E-state index contributed by atoms with van der Waals surface area (Å²) in [7, 11) is -4.30. The molecule has 0 spiro atoms.